The zero-order valence-corrected chi connectivity index (χ0v) is 15.1. The van der Waals surface area contributed by atoms with E-state index in [2.05, 4.69) is 6.92 Å². The third kappa shape index (κ3) is 5.37. The standard InChI is InChI=1S/C18H24O5S/c1-4-11-7-12(5-2)17(13(6-3)8-11)14(19)9-15(18(22)23)24-10-16(20)21/h7-8,15H,4-6,9-10H2,1-3H3,(H,20,21)(H,22,23). The van der Waals surface area contributed by atoms with E-state index in [9.17, 15) is 19.5 Å². The van der Waals surface area contributed by atoms with E-state index in [0.29, 0.717) is 18.4 Å². The highest BCUT2D eigenvalue weighted by Crippen LogP contribution is 2.25. The van der Waals surface area contributed by atoms with Crippen LogP contribution in [0.4, 0.5) is 0 Å². The van der Waals surface area contributed by atoms with Crippen molar-refractivity contribution in [2.75, 3.05) is 5.75 Å². The number of carboxylic acid groups (broad SMARTS) is 2. The second-order valence-electron chi connectivity index (χ2n) is 5.51. The van der Waals surface area contributed by atoms with Gasteiger partial charge in [0.05, 0.1) is 5.75 Å². The molecule has 0 spiro atoms. The smallest absolute Gasteiger partial charge is 0.317 e. The van der Waals surface area contributed by atoms with Crippen molar-refractivity contribution in [3.8, 4) is 0 Å². The molecule has 1 aromatic carbocycles. The Labute approximate surface area is 146 Å². The van der Waals surface area contributed by atoms with Gasteiger partial charge in [-0.1, -0.05) is 32.9 Å². The van der Waals surface area contributed by atoms with Gasteiger partial charge in [0.15, 0.2) is 5.78 Å². The number of hydrogen-bond acceptors (Lipinski definition) is 4. The van der Waals surface area contributed by atoms with E-state index in [4.69, 9.17) is 5.11 Å². The summed E-state index contributed by atoms with van der Waals surface area (Å²) in [7, 11) is 0. The van der Waals surface area contributed by atoms with Gasteiger partial charge >= 0.3 is 11.9 Å². The van der Waals surface area contributed by atoms with Crippen LogP contribution in [0, 0.1) is 0 Å². The second-order valence-corrected chi connectivity index (χ2v) is 6.70. The molecule has 1 atom stereocenters. The van der Waals surface area contributed by atoms with Crippen LogP contribution in [0.5, 0.6) is 0 Å². The predicted octanol–water partition coefficient (Wildman–Crippen LogP) is 3.22. The van der Waals surface area contributed by atoms with Gasteiger partial charge < -0.3 is 10.2 Å². The second kappa shape index (κ2) is 9.47. The largest absolute Gasteiger partial charge is 0.481 e. The van der Waals surface area contributed by atoms with Crippen molar-refractivity contribution < 1.29 is 24.6 Å². The van der Waals surface area contributed by atoms with E-state index in [1.165, 1.54) is 0 Å². The molecular formula is C18H24O5S. The summed E-state index contributed by atoms with van der Waals surface area (Å²) in [5, 5.41) is 16.9. The van der Waals surface area contributed by atoms with E-state index in [0.717, 1.165) is 34.9 Å². The number of carbonyl (C=O) groups excluding carboxylic acids is 1. The summed E-state index contributed by atoms with van der Waals surface area (Å²) in [5.41, 5.74) is 3.64. The van der Waals surface area contributed by atoms with Crippen molar-refractivity contribution in [2.45, 2.75) is 51.7 Å². The average Bonchev–Trinajstić information content (AvgIpc) is 2.56. The van der Waals surface area contributed by atoms with Crippen LogP contribution in [0.2, 0.25) is 0 Å². The molecule has 0 aliphatic heterocycles. The molecule has 0 saturated heterocycles. The normalized spacial score (nSPS) is 12.0. The third-order valence-corrected chi connectivity index (χ3v) is 5.05. The summed E-state index contributed by atoms with van der Waals surface area (Å²) in [4.78, 5) is 34.7. The summed E-state index contributed by atoms with van der Waals surface area (Å²) in [5.74, 6) is -2.80. The number of carboxylic acids is 2. The number of Topliss-reactive ketones (excluding diaryl/α,β-unsaturated/α-hetero) is 1. The average molecular weight is 352 g/mol. The summed E-state index contributed by atoms with van der Waals surface area (Å²) < 4.78 is 0. The molecule has 0 aromatic heterocycles. The molecule has 1 rings (SSSR count). The van der Waals surface area contributed by atoms with E-state index < -0.39 is 17.2 Å². The van der Waals surface area contributed by atoms with Gasteiger partial charge in [0.2, 0.25) is 0 Å². The lowest BCUT2D eigenvalue weighted by Gasteiger charge is -2.16. The van der Waals surface area contributed by atoms with Crippen LogP contribution in [0.25, 0.3) is 0 Å². The maximum absolute atomic E-state index is 12.7. The minimum Gasteiger partial charge on any atom is -0.481 e. The Bertz CT molecular complexity index is 599. The fourth-order valence-corrected chi connectivity index (χ4v) is 3.38. The third-order valence-electron chi connectivity index (χ3n) is 3.86. The number of thioether (sulfide) groups is 1. The molecule has 0 heterocycles. The number of carbonyl (C=O) groups is 3. The monoisotopic (exact) mass is 352 g/mol. The Balaban J connectivity index is 3.12. The number of aryl methyl sites for hydroxylation is 3. The van der Waals surface area contributed by atoms with Gasteiger partial charge in [-0.05, 0) is 36.0 Å². The van der Waals surface area contributed by atoms with E-state index in [1.54, 1.807) is 0 Å². The molecule has 1 aromatic rings. The van der Waals surface area contributed by atoms with Crippen LogP contribution in [-0.2, 0) is 28.9 Å². The van der Waals surface area contributed by atoms with Crippen molar-refractivity contribution in [3.05, 3.63) is 34.4 Å². The van der Waals surface area contributed by atoms with Crippen LogP contribution >= 0.6 is 11.8 Å². The van der Waals surface area contributed by atoms with Gasteiger partial charge in [0.25, 0.3) is 0 Å². The first-order valence-corrected chi connectivity index (χ1v) is 9.12. The lowest BCUT2D eigenvalue weighted by atomic mass is 9.90. The van der Waals surface area contributed by atoms with Gasteiger partial charge in [0, 0.05) is 12.0 Å². The lowest BCUT2D eigenvalue weighted by molar-refractivity contribution is -0.136. The van der Waals surface area contributed by atoms with E-state index >= 15 is 0 Å². The van der Waals surface area contributed by atoms with Crippen LogP contribution in [0.15, 0.2) is 12.1 Å². The molecule has 0 saturated carbocycles. The minimum atomic E-state index is -1.16. The molecule has 6 heteroatoms. The van der Waals surface area contributed by atoms with Gasteiger partial charge in [-0.2, -0.15) is 0 Å². The van der Waals surface area contributed by atoms with Crippen LogP contribution in [-0.4, -0.2) is 38.9 Å². The maximum Gasteiger partial charge on any atom is 0.317 e. The number of rotatable bonds is 10. The van der Waals surface area contributed by atoms with Gasteiger partial charge in [0.1, 0.15) is 5.25 Å². The molecule has 1 unspecified atom stereocenters. The molecule has 0 bridgehead atoms. The molecule has 24 heavy (non-hydrogen) atoms. The Morgan fingerprint density at radius 1 is 1.00 bits per heavy atom. The highest BCUT2D eigenvalue weighted by atomic mass is 32.2. The highest BCUT2D eigenvalue weighted by Gasteiger charge is 2.26. The molecule has 2 N–H and O–H groups in total. The molecule has 0 aliphatic carbocycles. The Hall–Kier alpha value is -1.82. The predicted molar refractivity (Wildman–Crippen MR) is 95.0 cm³/mol. The summed E-state index contributed by atoms with van der Waals surface area (Å²) in [6, 6.07) is 4.01. The first kappa shape index (κ1) is 20.2. The van der Waals surface area contributed by atoms with E-state index in [1.807, 2.05) is 26.0 Å². The number of aliphatic carboxylic acids is 2. The number of benzene rings is 1. The molecule has 0 radical (unpaired) electrons. The summed E-state index contributed by atoms with van der Waals surface area (Å²) in [6.45, 7) is 6.00. The molecule has 132 valence electrons. The van der Waals surface area contributed by atoms with Crippen molar-refractivity contribution in [1.29, 1.82) is 0 Å². The number of hydrogen-bond donors (Lipinski definition) is 2. The fraction of sp³-hybridized carbons (Fsp3) is 0.500. The van der Waals surface area contributed by atoms with E-state index in [-0.39, 0.29) is 18.0 Å². The molecule has 5 nitrogen and oxygen atoms in total. The van der Waals surface area contributed by atoms with Crippen LogP contribution in [0.1, 0.15) is 54.2 Å². The molecular weight excluding hydrogens is 328 g/mol. The number of ketones is 1. The Morgan fingerprint density at radius 2 is 1.54 bits per heavy atom. The SMILES string of the molecule is CCc1cc(CC)c(C(=O)CC(SCC(=O)O)C(=O)O)c(CC)c1. The topological polar surface area (TPSA) is 91.7 Å². The summed E-state index contributed by atoms with van der Waals surface area (Å²) in [6.07, 6.45) is 2.07. The molecule has 0 fully saturated rings. The van der Waals surface area contributed by atoms with Gasteiger partial charge in [-0.25, -0.2) is 0 Å². The first-order chi connectivity index (χ1) is 11.3. The van der Waals surface area contributed by atoms with Gasteiger partial charge in [-0.3, -0.25) is 14.4 Å². The van der Waals surface area contributed by atoms with Crippen molar-refractivity contribution in [2.24, 2.45) is 0 Å². The van der Waals surface area contributed by atoms with Crippen LogP contribution < -0.4 is 0 Å². The zero-order chi connectivity index (χ0) is 18.3. The quantitative estimate of drug-likeness (QED) is 0.628. The fourth-order valence-electron chi connectivity index (χ4n) is 2.62. The van der Waals surface area contributed by atoms with Crippen molar-refractivity contribution in [3.63, 3.8) is 0 Å². The van der Waals surface area contributed by atoms with Gasteiger partial charge in [-0.15, -0.1) is 11.8 Å². The minimum absolute atomic E-state index is 0.196. The zero-order valence-electron chi connectivity index (χ0n) is 14.3. The first-order valence-electron chi connectivity index (χ1n) is 8.07. The Morgan fingerprint density at radius 3 is 1.92 bits per heavy atom. The van der Waals surface area contributed by atoms with Crippen molar-refractivity contribution in [1.82, 2.24) is 0 Å². The van der Waals surface area contributed by atoms with Crippen molar-refractivity contribution >= 4 is 29.5 Å². The molecule has 0 amide bonds. The lowest BCUT2D eigenvalue weighted by Crippen LogP contribution is -2.23. The van der Waals surface area contributed by atoms with Crippen LogP contribution in [0.3, 0.4) is 0 Å². The molecule has 0 aliphatic rings. The highest BCUT2D eigenvalue weighted by molar-refractivity contribution is 8.01. The summed E-state index contributed by atoms with van der Waals surface area (Å²) >= 11 is 0.775. The Kier molecular flexibility index (Phi) is 7.98. The maximum atomic E-state index is 12.7.